The van der Waals surface area contributed by atoms with Crippen LogP contribution < -0.4 is 10.2 Å². The summed E-state index contributed by atoms with van der Waals surface area (Å²) in [6.07, 6.45) is 0. The molecule has 2 aromatic rings. The molecule has 0 aromatic heterocycles. The summed E-state index contributed by atoms with van der Waals surface area (Å²) >= 11 is 0. The third kappa shape index (κ3) is 3.42. The molecule has 138 valence electrons. The van der Waals surface area contributed by atoms with Crippen molar-refractivity contribution >= 4 is 17.4 Å². The number of nitrogens with one attached hydrogen (secondary N) is 1. The Morgan fingerprint density at radius 1 is 0.808 bits per heavy atom. The van der Waals surface area contributed by atoms with Gasteiger partial charge in [0.05, 0.1) is 5.69 Å². The molecule has 1 saturated heterocycles. The van der Waals surface area contributed by atoms with Crippen LogP contribution in [0.3, 0.4) is 0 Å². The zero-order valence-corrected chi connectivity index (χ0v) is 13.4. The Balaban J connectivity index is 1.65. The summed E-state index contributed by atoms with van der Waals surface area (Å²) in [5.41, 5.74) is -0.657. The van der Waals surface area contributed by atoms with Crippen LogP contribution in [0.25, 0.3) is 0 Å². The summed E-state index contributed by atoms with van der Waals surface area (Å²) in [7, 11) is 0. The van der Waals surface area contributed by atoms with Crippen molar-refractivity contribution in [3.8, 4) is 0 Å². The van der Waals surface area contributed by atoms with E-state index in [0.29, 0.717) is 0 Å². The van der Waals surface area contributed by atoms with Gasteiger partial charge in [0, 0.05) is 26.2 Å². The Bertz CT molecular complexity index is 817. The molecular formula is C17H14F5N3O. The predicted molar refractivity (Wildman–Crippen MR) is 85.5 cm³/mol. The second-order valence-corrected chi connectivity index (χ2v) is 5.70. The number of para-hydroxylation sites is 1. The Morgan fingerprint density at radius 2 is 1.42 bits per heavy atom. The van der Waals surface area contributed by atoms with Crippen LogP contribution in [0, 0.1) is 29.1 Å². The van der Waals surface area contributed by atoms with Crippen LogP contribution in [-0.4, -0.2) is 37.1 Å². The molecule has 4 nitrogen and oxygen atoms in total. The number of amides is 2. The second-order valence-electron chi connectivity index (χ2n) is 5.70. The third-order valence-corrected chi connectivity index (χ3v) is 4.12. The van der Waals surface area contributed by atoms with E-state index in [-0.39, 0.29) is 31.9 Å². The first-order chi connectivity index (χ1) is 12.4. The van der Waals surface area contributed by atoms with Crippen molar-refractivity contribution in [2.75, 3.05) is 36.4 Å². The average molecular weight is 371 g/mol. The lowest BCUT2D eigenvalue weighted by molar-refractivity contribution is 0.207. The topological polar surface area (TPSA) is 35.6 Å². The van der Waals surface area contributed by atoms with Crippen molar-refractivity contribution in [2.24, 2.45) is 0 Å². The predicted octanol–water partition coefficient (Wildman–Crippen LogP) is 3.74. The van der Waals surface area contributed by atoms with Crippen molar-refractivity contribution < 1.29 is 26.7 Å². The van der Waals surface area contributed by atoms with Gasteiger partial charge in [-0.1, -0.05) is 6.07 Å². The van der Waals surface area contributed by atoms with Gasteiger partial charge in [-0.2, -0.15) is 0 Å². The van der Waals surface area contributed by atoms with Gasteiger partial charge >= 0.3 is 6.03 Å². The first-order valence-corrected chi connectivity index (χ1v) is 7.77. The number of rotatable bonds is 2. The maximum Gasteiger partial charge on any atom is 0.322 e. The first kappa shape index (κ1) is 18.0. The number of carbonyl (C=O) groups is 1. The minimum atomic E-state index is -1.56. The molecule has 0 radical (unpaired) electrons. The zero-order chi connectivity index (χ0) is 18.8. The lowest BCUT2D eigenvalue weighted by Crippen LogP contribution is -2.50. The number of carbonyl (C=O) groups excluding carboxylic acids is 1. The number of nitrogens with zero attached hydrogens (tertiary/aromatic N) is 2. The molecule has 0 unspecified atom stereocenters. The molecule has 0 spiro atoms. The highest BCUT2D eigenvalue weighted by Crippen LogP contribution is 2.25. The monoisotopic (exact) mass is 371 g/mol. The number of benzene rings is 2. The number of hydrogen-bond acceptors (Lipinski definition) is 2. The molecule has 1 fully saturated rings. The summed E-state index contributed by atoms with van der Waals surface area (Å²) in [5.74, 6) is -5.94. The summed E-state index contributed by atoms with van der Waals surface area (Å²) in [4.78, 5) is 14.9. The molecule has 0 bridgehead atoms. The third-order valence-electron chi connectivity index (χ3n) is 4.12. The van der Waals surface area contributed by atoms with E-state index in [1.807, 2.05) is 0 Å². The number of piperazine rings is 1. The summed E-state index contributed by atoms with van der Waals surface area (Å²) in [6.45, 7) is 0.519. The quantitative estimate of drug-likeness (QED) is 0.645. The van der Waals surface area contributed by atoms with E-state index >= 15 is 0 Å². The Labute approximate surface area is 145 Å². The average Bonchev–Trinajstić information content (AvgIpc) is 2.63. The van der Waals surface area contributed by atoms with Crippen LogP contribution >= 0.6 is 0 Å². The largest absolute Gasteiger partial charge is 0.366 e. The minimum absolute atomic E-state index is 0.107. The minimum Gasteiger partial charge on any atom is -0.366 e. The van der Waals surface area contributed by atoms with E-state index in [0.717, 1.165) is 24.3 Å². The standard InChI is InChI=1S/C17H14F5N3O/c18-10-4-5-13(15(22)14(10)21)24-6-8-25(9-7-24)17(26)23-16-11(19)2-1-3-12(16)20/h1-5H,6-9H2,(H,23,26). The number of urea groups is 1. The fourth-order valence-electron chi connectivity index (χ4n) is 2.71. The lowest BCUT2D eigenvalue weighted by atomic mass is 10.2. The zero-order valence-electron chi connectivity index (χ0n) is 13.4. The van der Waals surface area contributed by atoms with E-state index < -0.39 is 40.8 Å². The normalized spacial score (nSPS) is 14.5. The van der Waals surface area contributed by atoms with E-state index in [4.69, 9.17) is 0 Å². The summed E-state index contributed by atoms with van der Waals surface area (Å²) in [5, 5.41) is 2.17. The second kappa shape index (κ2) is 7.19. The van der Waals surface area contributed by atoms with Crippen LogP contribution in [0.2, 0.25) is 0 Å². The molecule has 2 aromatic carbocycles. The van der Waals surface area contributed by atoms with Gasteiger partial charge in [0.2, 0.25) is 0 Å². The lowest BCUT2D eigenvalue weighted by Gasteiger charge is -2.36. The van der Waals surface area contributed by atoms with Gasteiger partial charge in [0.15, 0.2) is 17.5 Å². The van der Waals surface area contributed by atoms with Gasteiger partial charge in [-0.25, -0.2) is 26.7 Å². The van der Waals surface area contributed by atoms with Crippen molar-refractivity contribution in [1.82, 2.24) is 4.90 Å². The van der Waals surface area contributed by atoms with E-state index in [1.54, 1.807) is 0 Å². The Hall–Kier alpha value is -2.84. The highest BCUT2D eigenvalue weighted by Gasteiger charge is 2.25. The fraction of sp³-hybridized carbons (Fsp3) is 0.235. The molecule has 0 atom stereocenters. The van der Waals surface area contributed by atoms with E-state index in [9.17, 15) is 26.7 Å². The molecule has 1 N–H and O–H groups in total. The number of anilines is 2. The van der Waals surface area contributed by atoms with Crippen LogP contribution in [0.5, 0.6) is 0 Å². The molecule has 26 heavy (non-hydrogen) atoms. The van der Waals surface area contributed by atoms with Gasteiger partial charge in [-0.15, -0.1) is 0 Å². The molecule has 1 aliphatic rings. The SMILES string of the molecule is O=C(Nc1c(F)cccc1F)N1CCN(c2ccc(F)c(F)c2F)CC1. The number of halogens is 5. The summed E-state index contributed by atoms with van der Waals surface area (Å²) < 4.78 is 67.4. The fourth-order valence-corrected chi connectivity index (χ4v) is 2.71. The number of hydrogen-bond donors (Lipinski definition) is 1. The maximum absolute atomic E-state index is 13.8. The van der Waals surface area contributed by atoms with Crippen LogP contribution in [0.1, 0.15) is 0 Å². The molecule has 9 heteroatoms. The molecule has 1 heterocycles. The van der Waals surface area contributed by atoms with Crippen molar-refractivity contribution in [2.45, 2.75) is 0 Å². The van der Waals surface area contributed by atoms with Gasteiger partial charge in [-0.3, -0.25) is 0 Å². The molecule has 1 aliphatic heterocycles. The van der Waals surface area contributed by atoms with E-state index in [2.05, 4.69) is 5.32 Å². The molecule has 0 aliphatic carbocycles. The smallest absolute Gasteiger partial charge is 0.322 e. The maximum atomic E-state index is 13.8. The van der Waals surface area contributed by atoms with Crippen LogP contribution in [-0.2, 0) is 0 Å². The highest BCUT2D eigenvalue weighted by molar-refractivity contribution is 5.89. The van der Waals surface area contributed by atoms with Crippen LogP contribution in [0.15, 0.2) is 30.3 Å². The van der Waals surface area contributed by atoms with Gasteiger partial charge in [-0.05, 0) is 24.3 Å². The Morgan fingerprint density at radius 3 is 2.04 bits per heavy atom. The van der Waals surface area contributed by atoms with Gasteiger partial charge in [0.25, 0.3) is 0 Å². The summed E-state index contributed by atoms with van der Waals surface area (Å²) in [6, 6.07) is 4.45. The molecule has 0 saturated carbocycles. The van der Waals surface area contributed by atoms with Gasteiger partial charge < -0.3 is 15.1 Å². The van der Waals surface area contributed by atoms with Crippen LogP contribution in [0.4, 0.5) is 38.1 Å². The molecule has 2 amide bonds. The Kier molecular flexibility index (Phi) is 4.97. The highest BCUT2D eigenvalue weighted by atomic mass is 19.2. The molecular weight excluding hydrogens is 357 g/mol. The van der Waals surface area contributed by atoms with Crippen molar-refractivity contribution in [3.05, 3.63) is 59.4 Å². The first-order valence-electron chi connectivity index (χ1n) is 7.77. The molecule has 3 rings (SSSR count). The van der Waals surface area contributed by atoms with E-state index in [1.165, 1.54) is 15.9 Å². The van der Waals surface area contributed by atoms with Crippen molar-refractivity contribution in [1.29, 1.82) is 0 Å². The van der Waals surface area contributed by atoms with Gasteiger partial charge in [0.1, 0.15) is 17.3 Å². The van der Waals surface area contributed by atoms with Crippen molar-refractivity contribution in [3.63, 3.8) is 0 Å².